The summed E-state index contributed by atoms with van der Waals surface area (Å²) in [5.41, 5.74) is 0.00394. The molecule has 11 heteroatoms. The molecular formula is C15H16F2N4O5. The molecule has 1 amide bonds. The molecule has 2 rings (SSSR count). The van der Waals surface area contributed by atoms with E-state index in [0.717, 1.165) is 10.9 Å². The molecule has 140 valence electrons. The lowest BCUT2D eigenvalue weighted by Gasteiger charge is -2.15. The number of aromatic nitrogens is 3. The number of rotatable bonds is 9. The summed E-state index contributed by atoms with van der Waals surface area (Å²) in [5, 5.41) is 18.2. The zero-order valence-corrected chi connectivity index (χ0v) is 13.7. The molecule has 2 aromatic rings. The predicted octanol–water partition coefficient (Wildman–Crippen LogP) is 1.29. The monoisotopic (exact) mass is 370 g/mol. The standard InChI is InChI=1S/C15H16F2N4O5/c1-2-25-11-5-3-4-9(13(11)26-15(16)17)6-18-12(22)8-21-7-10(14(23)24)19-20-21/h3-5,7,15H,2,6,8H2,1H3,(H,18,22)(H,23,24). The topological polar surface area (TPSA) is 116 Å². The Morgan fingerprint density at radius 2 is 2.15 bits per heavy atom. The van der Waals surface area contributed by atoms with Gasteiger partial charge in [-0.05, 0) is 13.0 Å². The quantitative estimate of drug-likeness (QED) is 0.683. The van der Waals surface area contributed by atoms with Gasteiger partial charge in [0.25, 0.3) is 0 Å². The van der Waals surface area contributed by atoms with Crippen molar-refractivity contribution in [1.82, 2.24) is 20.3 Å². The van der Waals surface area contributed by atoms with Crippen LogP contribution in [-0.2, 0) is 17.9 Å². The maximum Gasteiger partial charge on any atom is 0.387 e. The number of nitrogens with one attached hydrogen (secondary N) is 1. The first-order chi connectivity index (χ1) is 12.4. The number of halogens is 2. The molecule has 0 spiro atoms. The van der Waals surface area contributed by atoms with Crippen molar-refractivity contribution in [3.63, 3.8) is 0 Å². The summed E-state index contributed by atoms with van der Waals surface area (Å²) in [7, 11) is 0. The number of alkyl halides is 2. The van der Waals surface area contributed by atoms with E-state index in [4.69, 9.17) is 9.84 Å². The minimum atomic E-state index is -3.05. The van der Waals surface area contributed by atoms with Gasteiger partial charge in [-0.3, -0.25) is 4.79 Å². The second-order valence-electron chi connectivity index (χ2n) is 4.94. The van der Waals surface area contributed by atoms with Crippen LogP contribution in [0, 0.1) is 0 Å². The number of benzene rings is 1. The highest BCUT2D eigenvalue weighted by molar-refractivity contribution is 5.84. The van der Waals surface area contributed by atoms with Crippen molar-refractivity contribution in [2.75, 3.05) is 6.61 Å². The van der Waals surface area contributed by atoms with E-state index in [1.54, 1.807) is 13.0 Å². The highest BCUT2D eigenvalue weighted by Gasteiger charge is 2.17. The van der Waals surface area contributed by atoms with Crippen LogP contribution in [0.15, 0.2) is 24.4 Å². The molecule has 1 aromatic heterocycles. The van der Waals surface area contributed by atoms with E-state index in [1.807, 2.05) is 0 Å². The Bertz CT molecular complexity index is 781. The van der Waals surface area contributed by atoms with Crippen molar-refractivity contribution in [3.8, 4) is 11.5 Å². The molecule has 0 atom stereocenters. The van der Waals surface area contributed by atoms with E-state index in [2.05, 4.69) is 20.4 Å². The van der Waals surface area contributed by atoms with E-state index >= 15 is 0 Å². The number of carbonyl (C=O) groups is 2. The Morgan fingerprint density at radius 3 is 2.77 bits per heavy atom. The lowest BCUT2D eigenvalue weighted by atomic mass is 10.2. The Balaban J connectivity index is 2.04. The fraction of sp³-hybridized carbons (Fsp3) is 0.333. The average Bonchev–Trinajstić information content (AvgIpc) is 3.03. The Morgan fingerprint density at radius 1 is 1.38 bits per heavy atom. The minimum Gasteiger partial charge on any atom is -0.490 e. The van der Waals surface area contributed by atoms with Crippen molar-refractivity contribution in [1.29, 1.82) is 0 Å². The van der Waals surface area contributed by atoms with Gasteiger partial charge >= 0.3 is 12.6 Å². The van der Waals surface area contributed by atoms with Gasteiger partial charge < -0.3 is 19.9 Å². The molecule has 0 fully saturated rings. The van der Waals surface area contributed by atoms with Crippen molar-refractivity contribution in [3.05, 3.63) is 35.7 Å². The molecule has 0 aliphatic carbocycles. The van der Waals surface area contributed by atoms with Gasteiger partial charge in [0.05, 0.1) is 12.8 Å². The smallest absolute Gasteiger partial charge is 0.387 e. The normalized spacial score (nSPS) is 10.6. The summed E-state index contributed by atoms with van der Waals surface area (Å²) in [6.45, 7) is -1.47. The van der Waals surface area contributed by atoms with E-state index in [-0.39, 0.29) is 36.9 Å². The summed E-state index contributed by atoms with van der Waals surface area (Å²) in [5.74, 6) is -1.80. The molecule has 1 aromatic carbocycles. The van der Waals surface area contributed by atoms with E-state index in [9.17, 15) is 18.4 Å². The highest BCUT2D eigenvalue weighted by Crippen LogP contribution is 2.32. The molecule has 0 unspecified atom stereocenters. The molecule has 0 bridgehead atoms. The number of ether oxygens (including phenoxy) is 2. The Labute approximate surface area is 146 Å². The van der Waals surface area contributed by atoms with E-state index in [0.29, 0.717) is 5.56 Å². The molecule has 9 nitrogen and oxygen atoms in total. The molecule has 2 N–H and O–H groups in total. The second kappa shape index (κ2) is 8.74. The fourth-order valence-corrected chi connectivity index (χ4v) is 2.06. The predicted molar refractivity (Wildman–Crippen MR) is 83.1 cm³/mol. The van der Waals surface area contributed by atoms with Crippen LogP contribution in [0.25, 0.3) is 0 Å². The van der Waals surface area contributed by atoms with Crippen molar-refractivity contribution in [2.45, 2.75) is 26.6 Å². The van der Waals surface area contributed by atoms with Crippen LogP contribution < -0.4 is 14.8 Å². The van der Waals surface area contributed by atoms with Crippen LogP contribution in [0.4, 0.5) is 8.78 Å². The van der Waals surface area contributed by atoms with Gasteiger partial charge in [-0.15, -0.1) is 5.10 Å². The van der Waals surface area contributed by atoms with Gasteiger partial charge in [0.2, 0.25) is 5.91 Å². The summed E-state index contributed by atoms with van der Waals surface area (Å²) in [4.78, 5) is 22.7. The summed E-state index contributed by atoms with van der Waals surface area (Å²) < 4.78 is 36.1. The first-order valence-corrected chi connectivity index (χ1v) is 7.50. The number of carbonyl (C=O) groups excluding carboxylic acids is 1. The van der Waals surface area contributed by atoms with Crippen molar-refractivity contribution in [2.24, 2.45) is 0 Å². The first-order valence-electron chi connectivity index (χ1n) is 7.50. The number of hydrogen-bond acceptors (Lipinski definition) is 6. The lowest BCUT2D eigenvalue weighted by molar-refractivity contribution is -0.122. The molecule has 0 radical (unpaired) electrons. The van der Waals surface area contributed by atoms with Gasteiger partial charge in [0.1, 0.15) is 6.54 Å². The van der Waals surface area contributed by atoms with Crippen LogP contribution in [0.2, 0.25) is 0 Å². The molecule has 0 aliphatic heterocycles. The molecular weight excluding hydrogens is 354 g/mol. The zero-order valence-electron chi connectivity index (χ0n) is 13.7. The van der Waals surface area contributed by atoms with Gasteiger partial charge in [0.15, 0.2) is 17.2 Å². The van der Waals surface area contributed by atoms with Crippen LogP contribution >= 0.6 is 0 Å². The molecule has 1 heterocycles. The van der Waals surface area contributed by atoms with Gasteiger partial charge in [-0.2, -0.15) is 8.78 Å². The van der Waals surface area contributed by atoms with Crippen LogP contribution in [0.3, 0.4) is 0 Å². The maximum atomic E-state index is 12.6. The Kier molecular flexibility index (Phi) is 6.42. The number of carboxylic acids is 1. The average molecular weight is 370 g/mol. The summed E-state index contributed by atoms with van der Waals surface area (Å²) in [6.07, 6.45) is 1.10. The third-order valence-electron chi connectivity index (χ3n) is 3.11. The SMILES string of the molecule is CCOc1cccc(CNC(=O)Cn2cc(C(=O)O)nn2)c1OC(F)F. The van der Waals surface area contributed by atoms with Gasteiger partial charge in [-0.1, -0.05) is 17.3 Å². The lowest BCUT2D eigenvalue weighted by Crippen LogP contribution is -2.27. The van der Waals surface area contributed by atoms with Crippen LogP contribution in [0.5, 0.6) is 11.5 Å². The van der Waals surface area contributed by atoms with Gasteiger partial charge in [0, 0.05) is 12.1 Å². The minimum absolute atomic E-state index is 0.0950. The first kappa shape index (κ1) is 19.1. The number of nitrogens with zero attached hydrogens (tertiary/aromatic N) is 3. The number of aromatic carboxylic acids is 1. The number of hydrogen-bond donors (Lipinski definition) is 2. The van der Waals surface area contributed by atoms with Crippen molar-refractivity contribution < 1.29 is 33.0 Å². The molecule has 0 saturated carbocycles. The largest absolute Gasteiger partial charge is 0.490 e. The third kappa shape index (κ3) is 5.13. The third-order valence-corrected chi connectivity index (χ3v) is 3.11. The second-order valence-corrected chi connectivity index (χ2v) is 4.94. The molecule has 26 heavy (non-hydrogen) atoms. The van der Waals surface area contributed by atoms with Gasteiger partial charge in [-0.25, -0.2) is 9.48 Å². The van der Waals surface area contributed by atoms with Crippen molar-refractivity contribution >= 4 is 11.9 Å². The van der Waals surface area contributed by atoms with E-state index in [1.165, 1.54) is 12.1 Å². The number of amides is 1. The maximum absolute atomic E-state index is 12.6. The summed E-state index contributed by atoms with van der Waals surface area (Å²) >= 11 is 0. The zero-order chi connectivity index (χ0) is 19.1. The van der Waals surface area contributed by atoms with E-state index < -0.39 is 18.5 Å². The number of carboxylic acid groups (broad SMARTS) is 1. The summed E-state index contributed by atoms with van der Waals surface area (Å²) in [6, 6.07) is 4.58. The number of para-hydroxylation sites is 1. The molecule has 0 aliphatic rings. The fourth-order valence-electron chi connectivity index (χ4n) is 2.06. The van der Waals surface area contributed by atoms with Crippen LogP contribution in [-0.4, -0.2) is 45.2 Å². The van der Waals surface area contributed by atoms with Crippen LogP contribution in [0.1, 0.15) is 23.0 Å². The Hall–Kier alpha value is -3.24. The molecule has 0 saturated heterocycles. The highest BCUT2D eigenvalue weighted by atomic mass is 19.3.